The van der Waals surface area contributed by atoms with Crippen molar-refractivity contribution in [3.05, 3.63) is 24.3 Å². The van der Waals surface area contributed by atoms with E-state index in [0.29, 0.717) is 18.7 Å². The van der Waals surface area contributed by atoms with Crippen molar-refractivity contribution >= 4 is 15.5 Å². The molecule has 7 heteroatoms. The van der Waals surface area contributed by atoms with Gasteiger partial charge in [0.2, 0.25) is 9.84 Å². The molecule has 18 heavy (non-hydrogen) atoms. The second-order valence-corrected chi connectivity index (χ2v) is 5.81. The molecule has 0 amide bonds. The summed E-state index contributed by atoms with van der Waals surface area (Å²) in [5, 5.41) is 12.0. The monoisotopic (exact) mass is 279 g/mol. The number of halogens is 2. The fourth-order valence-electron chi connectivity index (χ4n) is 1.29. The number of nitrogens with one attached hydrogen (secondary N) is 1. The Hall–Kier alpha value is -1.21. The molecule has 0 saturated heterocycles. The number of hydrogen-bond acceptors (Lipinski definition) is 4. The van der Waals surface area contributed by atoms with Gasteiger partial charge in [0.15, 0.2) is 0 Å². The van der Waals surface area contributed by atoms with Crippen LogP contribution in [0.5, 0.6) is 0 Å². The van der Waals surface area contributed by atoms with Crippen molar-refractivity contribution < 1.29 is 22.3 Å². The quantitative estimate of drug-likeness (QED) is 0.834. The van der Waals surface area contributed by atoms with E-state index in [9.17, 15) is 17.2 Å². The van der Waals surface area contributed by atoms with E-state index in [-0.39, 0.29) is 0 Å². The molecule has 0 aromatic heterocycles. The van der Waals surface area contributed by atoms with Crippen molar-refractivity contribution in [3.8, 4) is 0 Å². The zero-order chi connectivity index (χ0) is 13.8. The molecule has 0 bridgehead atoms. The van der Waals surface area contributed by atoms with Gasteiger partial charge in [-0.25, -0.2) is 8.42 Å². The molecule has 0 aliphatic rings. The van der Waals surface area contributed by atoms with Gasteiger partial charge in [0.1, 0.15) is 0 Å². The molecular weight excluding hydrogens is 264 g/mol. The summed E-state index contributed by atoms with van der Waals surface area (Å²) in [5.74, 6) is -3.41. The summed E-state index contributed by atoms with van der Waals surface area (Å²) >= 11 is 0. The Morgan fingerprint density at radius 2 is 1.83 bits per heavy atom. The highest BCUT2D eigenvalue weighted by atomic mass is 32.2. The van der Waals surface area contributed by atoms with Gasteiger partial charge in [-0.2, -0.15) is 8.78 Å². The SMILES string of the molecule is CC(O)CCNc1ccc(S(=O)(=O)C(F)F)cc1. The Morgan fingerprint density at radius 1 is 1.28 bits per heavy atom. The average Bonchev–Trinajstić information content (AvgIpc) is 2.29. The van der Waals surface area contributed by atoms with Gasteiger partial charge in [-0.3, -0.25) is 0 Å². The van der Waals surface area contributed by atoms with Gasteiger partial charge in [-0.05, 0) is 37.6 Å². The molecule has 0 fully saturated rings. The summed E-state index contributed by atoms with van der Waals surface area (Å²) in [7, 11) is -4.53. The van der Waals surface area contributed by atoms with Crippen LogP contribution in [0.25, 0.3) is 0 Å². The maximum atomic E-state index is 12.3. The summed E-state index contributed by atoms with van der Waals surface area (Å²) in [5.41, 5.74) is 0.615. The second kappa shape index (κ2) is 6.10. The van der Waals surface area contributed by atoms with Gasteiger partial charge in [-0.15, -0.1) is 0 Å². The first-order valence-electron chi connectivity index (χ1n) is 5.38. The zero-order valence-corrected chi connectivity index (χ0v) is 10.6. The van der Waals surface area contributed by atoms with E-state index in [1.165, 1.54) is 12.1 Å². The van der Waals surface area contributed by atoms with Crippen molar-refractivity contribution in [3.63, 3.8) is 0 Å². The molecule has 0 heterocycles. The molecule has 0 saturated carbocycles. The lowest BCUT2D eigenvalue weighted by molar-refractivity contribution is 0.189. The average molecular weight is 279 g/mol. The van der Waals surface area contributed by atoms with Gasteiger partial charge in [-0.1, -0.05) is 0 Å². The van der Waals surface area contributed by atoms with Crippen LogP contribution < -0.4 is 5.32 Å². The van der Waals surface area contributed by atoms with Crippen LogP contribution in [0, 0.1) is 0 Å². The molecule has 0 aliphatic heterocycles. The van der Waals surface area contributed by atoms with Gasteiger partial charge < -0.3 is 10.4 Å². The molecule has 2 N–H and O–H groups in total. The number of aliphatic hydroxyl groups excluding tert-OH is 1. The number of rotatable bonds is 6. The minimum absolute atomic E-state index is 0.404. The normalized spacial score (nSPS) is 13.6. The van der Waals surface area contributed by atoms with Crippen molar-refractivity contribution in [2.75, 3.05) is 11.9 Å². The van der Waals surface area contributed by atoms with Crippen LogP contribution in [0.1, 0.15) is 13.3 Å². The lowest BCUT2D eigenvalue weighted by Gasteiger charge is -2.09. The molecule has 1 atom stereocenters. The summed E-state index contributed by atoms with van der Waals surface area (Å²) in [6.45, 7) is 2.17. The van der Waals surface area contributed by atoms with E-state index >= 15 is 0 Å². The number of aliphatic hydroxyl groups is 1. The highest BCUT2D eigenvalue weighted by molar-refractivity contribution is 7.91. The van der Waals surface area contributed by atoms with Crippen LogP contribution >= 0.6 is 0 Å². The van der Waals surface area contributed by atoms with Crippen LogP contribution in [-0.2, 0) is 9.84 Å². The van der Waals surface area contributed by atoms with Gasteiger partial charge in [0.05, 0.1) is 11.0 Å². The number of alkyl halides is 2. The first kappa shape index (κ1) is 14.8. The molecule has 0 aliphatic carbocycles. The fraction of sp³-hybridized carbons (Fsp3) is 0.455. The smallest absolute Gasteiger partial charge is 0.341 e. The summed E-state index contributed by atoms with van der Waals surface area (Å²) in [4.78, 5) is -0.404. The third-order valence-corrected chi connectivity index (χ3v) is 3.71. The Balaban J connectivity index is 2.69. The third-order valence-electron chi connectivity index (χ3n) is 2.31. The summed E-state index contributed by atoms with van der Waals surface area (Å²) < 4.78 is 46.8. The van der Waals surface area contributed by atoms with Crippen molar-refractivity contribution in [1.29, 1.82) is 0 Å². The molecule has 1 rings (SSSR count). The highest BCUT2D eigenvalue weighted by Gasteiger charge is 2.26. The minimum atomic E-state index is -4.53. The largest absolute Gasteiger partial charge is 0.393 e. The first-order valence-corrected chi connectivity index (χ1v) is 6.92. The van der Waals surface area contributed by atoms with E-state index in [2.05, 4.69) is 5.32 Å². The molecule has 1 unspecified atom stereocenters. The topological polar surface area (TPSA) is 66.4 Å². The van der Waals surface area contributed by atoms with Crippen molar-refractivity contribution in [1.82, 2.24) is 0 Å². The number of hydrogen-bond donors (Lipinski definition) is 2. The van der Waals surface area contributed by atoms with E-state index in [0.717, 1.165) is 12.1 Å². The van der Waals surface area contributed by atoms with E-state index < -0.39 is 26.6 Å². The lowest BCUT2D eigenvalue weighted by Crippen LogP contribution is -2.12. The van der Waals surface area contributed by atoms with E-state index in [1.54, 1.807) is 6.92 Å². The molecule has 0 radical (unpaired) electrons. The van der Waals surface area contributed by atoms with Crippen LogP contribution in [0.4, 0.5) is 14.5 Å². The van der Waals surface area contributed by atoms with Gasteiger partial charge in [0.25, 0.3) is 0 Å². The zero-order valence-electron chi connectivity index (χ0n) is 9.81. The summed E-state index contributed by atoms with van der Waals surface area (Å²) in [6, 6.07) is 5.09. The molecule has 4 nitrogen and oxygen atoms in total. The van der Waals surface area contributed by atoms with Crippen LogP contribution in [0.3, 0.4) is 0 Å². The van der Waals surface area contributed by atoms with Crippen molar-refractivity contribution in [2.24, 2.45) is 0 Å². The number of benzene rings is 1. The van der Waals surface area contributed by atoms with Crippen LogP contribution in [-0.4, -0.2) is 31.9 Å². The second-order valence-electron chi connectivity index (χ2n) is 3.89. The van der Waals surface area contributed by atoms with Gasteiger partial charge >= 0.3 is 5.76 Å². The molecule has 1 aromatic carbocycles. The highest BCUT2D eigenvalue weighted by Crippen LogP contribution is 2.20. The predicted molar refractivity (Wildman–Crippen MR) is 64.4 cm³/mol. The Kier molecular flexibility index (Phi) is 5.03. The standard InChI is InChI=1S/C11H15F2NO3S/c1-8(15)6-7-14-9-2-4-10(5-3-9)18(16,17)11(12)13/h2-5,8,11,14-15H,6-7H2,1H3. The summed E-state index contributed by atoms with van der Waals surface area (Å²) in [6.07, 6.45) is 0.105. The van der Waals surface area contributed by atoms with Crippen LogP contribution in [0.2, 0.25) is 0 Å². The number of anilines is 1. The van der Waals surface area contributed by atoms with Gasteiger partial charge in [0, 0.05) is 12.2 Å². The molecular formula is C11H15F2NO3S. The molecule has 1 aromatic rings. The van der Waals surface area contributed by atoms with E-state index in [4.69, 9.17) is 5.11 Å². The first-order chi connectivity index (χ1) is 8.34. The van der Waals surface area contributed by atoms with E-state index in [1.807, 2.05) is 0 Å². The maximum Gasteiger partial charge on any atom is 0.341 e. The minimum Gasteiger partial charge on any atom is -0.393 e. The Labute approximate surface area is 105 Å². The Morgan fingerprint density at radius 3 is 2.28 bits per heavy atom. The molecule has 102 valence electrons. The number of sulfone groups is 1. The predicted octanol–water partition coefficient (Wildman–Crippen LogP) is 1.87. The van der Waals surface area contributed by atoms with Crippen LogP contribution in [0.15, 0.2) is 29.2 Å². The molecule has 0 spiro atoms. The lowest BCUT2D eigenvalue weighted by atomic mass is 10.2. The maximum absolute atomic E-state index is 12.3. The Bertz CT molecular complexity index is 472. The fourth-order valence-corrected chi connectivity index (χ4v) is 2.01. The van der Waals surface area contributed by atoms with Crippen molar-refractivity contribution in [2.45, 2.75) is 30.1 Å². The third kappa shape index (κ3) is 3.92.